The van der Waals surface area contributed by atoms with E-state index in [9.17, 15) is 4.79 Å². The van der Waals surface area contributed by atoms with Gasteiger partial charge in [-0.2, -0.15) is 0 Å². The summed E-state index contributed by atoms with van der Waals surface area (Å²) in [5, 5.41) is 9.87. The van der Waals surface area contributed by atoms with Gasteiger partial charge in [0.25, 0.3) is 0 Å². The van der Waals surface area contributed by atoms with Crippen LogP contribution in [0.1, 0.15) is 31.7 Å². The van der Waals surface area contributed by atoms with Crippen molar-refractivity contribution >= 4 is 41.7 Å². The van der Waals surface area contributed by atoms with Crippen molar-refractivity contribution < 1.29 is 9.53 Å². The normalized spacial score (nSPS) is 19.9. The van der Waals surface area contributed by atoms with Crippen molar-refractivity contribution in [3.05, 3.63) is 29.8 Å². The number of aliphatic imine (C=N–C) groups is 1. The number of ether oxygens (including phenoxy) is 1. The molecule has 162 valence electrons. The summed E-state index contributed by atoms with van der Waals surface area (Å²) in [4.78, 5) is 18.5. The number of hydrogen-bond donors (Lipinski definition) is 3. The zero-order valence-electron chi connectivity index (χ0n) is 17.6. The number of halogens is 1. The first-order valence-corrected chi connectivity index (χ1v) is 10.3. The maximum atomic E-state index is 11.8. The highest BCUT2D eigenvalue weighted by molar-refractivity contribution is 14.0. The van der Waals surface area contributed by atoms with Crippen LogP contribution in [0.25, 0.3) is 0 Å². The van der Waals surface area contributed by atoms with E-state index in [1.165, 1.54) is 11.3 Å². The predicted octanol–water partition coefficient (Wildman–Crippen LogP) is 2.88. The largest absolute Gasteiger partial charge is 0.450 e. The van der Waals surface area contributed by atoms with Crippen LogP contribution in [-0.2, 0) is 4.74 Å². The predicted molar refractivity (Wildman–Crippen MR) is 128 cm³/mol. The van der Waals surface area contributed by atoms with E-state index in [0.717, 1.165) is 38.3 Å². The molecule has 29 heavy (non-hydrogen) atoms. The summed E-state index contributed by atoms with van der Waals surface area (Å²) < 4.78 is 5.02. The van der Waals surface area contributed by atoms with Crippen LogP contribution in [0.5, 0.6) is 0 Å². The summed E-state index contributed by atoms with van der Waals surface area (Å²) in [6.45, 7) is 6.96. The Kier molecular flexibility index (Phi) is 9.32. The average molecular weight is 515 g/mol. The molecule has 7 nitrogen and oxygen atoms in total. The van der Waals surface area contributed by atoms with Crippen LogP contribution in [-0.4, -0.2) is 57.4 Å². The van der Waals surface area contributed by atoms with Gasteiger partial charge >= 0.3 is 6.09 Å². The first-order chi connectivity index (χ1) is 13.6. The van der Waals surface area contributed by atoms with Crippen LogP contribution in [0.4, 0.5) is 10.5 Å². The second-order valence-corrected chi connectivity index (χ2v) is 7.67. The van der Waals surface area contributed by atoms with Crippen molar-refractivity contribution in [2.24, 2.45) is 10.9 Å². The van der Waals surface area contributed by atoms with Crippen molar-refractivity contribution in [3.63, 3.8) is 0 Å². The van der Waals surface area contributed by atoms with E-state index in [1.54, 1.807) is 7.05 Å². The minimum atomic E-state index is -0.339. The number of aryl methyl sites for hydroxylation is 1. The summed E-state index contributed by atoms with van der Waals surface area (Å²) in [5.41, 5.74) is 2.55. The van der Waals surface area contributed by atoms with Gasteiger partial charge in [-0.1, -0.05) is 17.7 Å². The van der Waals surface area contributed by atoms with E-state index in [-0.39, 0.29) is 36.1 Å². The Morgan fingerprint density at radius 1 is 1.28 bits per heavy atom. The Morgan fingerprint density at radius 2 is 2.00 bits per heavy atom. The van der Waals surface area contributed by atoms with E-state index in [4.69, 9.17) is 4.74 Å². The fourth-order valence-electron chi connectivity index (χ4n) is 3.62. The van der Waals surface area contributed by atoms with Gasteiger partial charge in [-0.25, -0.2) is 4.79 Å². The second-order valence-electron chi connectivity index (χ2n) is 7.67. The average Bonchev–Trinajstić information content (AvgIpc) is 3.43. The SMILES string of the molecule is CCOC(=O)NC(CNC(=NC)NC1CCN(c2ccc(C)cc2)C1)C1CC1.I. The lowest BCUT2D eigenvalue weighted by molar-refractivity contribution is 0.146. The number of nitrogens with one attached hydrogen (secondary N) is 3. The van der Waals surface area contributed by atoms with E-state index in [2.05, 4.69) is 57.0 Å². The van der Waals surface area contributed by atoms with Gasteiger partial charge < -0.3 is 25.6 Å². The van der Waals surface area contributed by atoms with E-state index < -0.39 is 0 Å². The summed E-state index contributed by atoms with van der Waals surface area (Å²) in [7, 11) is 1.78. The highest BCUT2D eigenvalue weighted by atomic mass is 127. The molecule has 1 aromatic carbocycles. The number of alkyl carbamates (subject to hydrolysis) is 1. The van der Waals surface area contributed by atoms with Crippen molar-refractivity contribution in [1.82, 2.24) is 16.0 Å². The molecule has 8 heteroatoms. The summed E-state index contributed by atoms with van der Waals surface area (Å²) in [5.74, 6) is 1.31. The van der Waals surface area contributed by atoms with Gasteiger partial charge in [-0.05, 0) is 51.2 Å². The number of hydrogen-bond acceptors (Lipinski definition) is 4. The van der Waals surface area contributed by atoms with Crippen LogP contribution in [0, 0.1) is 12.8 Å². The topological polar surface area (TPSA) is 78.0 Å². The number of nitrogens with zero attached hydrogens (tertiary/aromatic N) is 2. The van der Waals surface area contributed by atoms with Gasteiger partial charge in [0.15, 0.2) is 5.96 Å². The Morgan fingerprint density at radius 3 is 2.62 bits per heavy atom. The fourth-order valence-corrected chi connectivity index (χ4v) is 3.62. The third kappa shape index (κ3) is 7.24. The van der Waals surface area contributed by atoms with Gasteiger partial charge in [0.05, 0.1) is 12.6 Å². The van der Waals surface area contributed by atoms with Crippen LogP contribution in [0.3, 0.4) is 0 Å². The van der Waals surface area contributed by atoms with Crippen molar-refractivity contribution in [3.8, 4) is 0 Å². The van der Waals surface area contributed by atoms with Gasteiger partial charge in [-0.3, -0.25) is 4.99 Å². The van der Waals surface area contributed by atoms with Gasteiger partial charge in [-0.15, -0.1) is 24.0 Å². The van der Waals surface area contributed by atoms with Crippen LogP contribution in [0.15, 0.2) is 29.3 Å². The number of carbonyl (C=O) groups is 1. The minimum absolute atomic E-state index is 0. The van der Waals surface area contributed by atoms with Gasteiger partial charge in [0, 0.05) is 38.4 Å². The molecule has 1 amide bonds. The van der Waals surface area contributed by atoms with E-state index in [1.807, 2.05) is 6.92 Å². The Hall–Kier alpha value is -1.71. The van der Waals surface area contributed by atoms with E-state index in [0.29, 0.717) is 25.1 Å². The van der Waals surface area contributed by atoms with Gasteiger partial charge in [0.1, 0.15) is 0 Å². The molecule has 0 aromatic heterocycles. The second kappa shape index (κ2) is 11.5. The lowest BCUT2D eigenvalue weighted by Gasteiger charge is -2.23. The summed E-state index contributed by atoms with van der Waals surface area (Å²) in [6.07, 6.45) is 3.04. The highest BCUT2D eigenvalue weighted by Gasteiger charge is 2.33. The standard InChI is InChI=1S/C21H33N5O2.HI/c1-4-28-21(27)25-19(16-7-8-16)13-23-20(22-3)24-17-11-12-26(14-17)18-9-5-15(2)6-10-18;/h5-6,9-10,16-17,19H,4,7-8,11-14H2,1-3H3,(H,25,27)(H2,22,23,24);1H. The number of benzene rings is 1. The third-order valence-corrected chi connectivity index (χ3v) is 5.41. The van der Waals surface area contributed by atoms with Crippen molar-refractivity contribution in [1.29, 1.82) is 0 Å². The fraction of sp³-hybridized carbons (Fsp3) is 0.619. The quantitative estimate of drug-likeness (QED) is 0.296. The van der Waals surface area contributed by atoms with Crippen molar-refractivity contribution in [2.75, 3.05) is 38.2 Å². The molecule has 2 unspecified atom stereocenters. The summed E-state index contributed by atoms with van der Waals surface area (Å²) in [6, 6.07) is 9.11. The zero-order valence-corrected chi connectivity index (χ0v) is 19.9. The van der Waals surface area contributed by atoms with Crippen molar-refractivity contribution in [2.45, 2.75) is 45.2 Å². The monoisotopic (exact) mass is 515 g/mol. The first kappa shape index (κ1) is 23.6. The Labute approximate surface area is 191 Å². The molecule has 1 saturated carbocycles. The van der Waals surface area contributed by atoms with E-state index >= 15 is 0 Å². The lowest BCUT2D eigenvalue weighted by Crippen LogP contribution is -2.50. The maximum Gasteiger partial charge on any atom is 0.407 e. The lowest BCUT2D eigenvalue weighted by atomic mass is 10.2. The zero-order chi connectivity index (χ0) is 19.9. The molecule has 3 rings (SSSR count). The molecule has 2 aliphatic rings. The van der Waals surface area contributed by atoms with Gasteiger partial charge in [0.2, 0.25) is 0 Å². The highest BCUT2D eigenvalue weighted by Crippen LogP contribution is 2.32. The molecule has 2 fully saturated rings. The molecule has 1 aromatic rings. The molecule has 0 radical (unpaired) electrons. The number of carbonyl (C=O) groups excluding carboxylic acids is 1. The molecular formula is C21H34IN5O2. The summed E-state index contributed by atoms with van der Waals surface area (Å²) >= 11 is 0. The minimum Gasteiger partial charge on any atom is -0.450 e. The molecule has 0 spiro atoms. The van der Waals surface area contributed by atoms with Crippen LogP contribution in [0.2, 0.25) is 0 Å². The number of anilines is 1. The molecular weight excluding hydrogens is 481 g/mol. The molecule has 0 bridgehead atoms. The third-order valence-electron chi connectivity index (χ3n) is 5.41. The number of amides is 1. The van der Waals surface area contributed by atoms with Crippen LogP contribution < -0.4 is 20.9 Å². The molecule has 1 aliphatic carbocycles. The smallest absolute Gasteiger partial charge is 0.407 e. The number of guanidine groups is 1. The molecule has 1 saturated heterocycles. The molecule has 1 heterocycles. The Balaban J connectivity index is 0.00000300. The Bertz CT molecular complexity index is 678. The number of rotatable bonds is 7. The van der Waals surface area contributed by atoms with Crippen LogP contribution >= 0.6 is 24.0 Å². The molecule has 1 aliphatic heterocycles. The first-order valence-electron chi connectivity index (χ1n) is 10.3. The molecule has 3 N–H and O–H groups in total. The molecule has 2 atom stereocenters. The maximum absolute atomic E-state index is 11.8.